The largest absolute Gasteiger partial charge is 0.378 e. The molecule has 1 rings (SSSR count). The molecule has 14 heavy (non-hydrogen) atoms. The molecule has 0 aliphatic heterocycles. The molecule has 0 amide bonds. The van der Waals surface area contributed by atoms with Gasteiger partial charge in [0.2, 0.25) is 0 Å². The highest BCUT2D eigenvalue weighted by Crippen LogP contribution is 2.19. The normalized spacial score (nSPS) is 19.5. The van der Waals surface area contributed by atoms with Gasteiger partial charge in [0.25, 0.3) is 0 Å². The van der Waals surface area contributed by atoms with Gasteiger partial charge in [-0.3, -0.25) is 0 Å². The fourth-order valence-corrected chi connectivity index (χ4v) is 2.03. The van der Waals surface area contributed by atoms with Crippen molar-refractivity contribution in [2.24, 2.45) is 0 Å². The van der Waals surface area contributed by atoms with Gasteiger partial charge in [0.15, 0.2) is 0 Å². The van der Waals surface area contributed by atoms with E-state index in [1.165, 1.54) is 38.5 Å². The van der Waals surface area contributed by atoms with Crippen LogP contribution in [0, 0.1) is 0 Å². The van der Waals surface area contributed by atoms with E-state index >= 15 is 0 Å². The Bertz CT molecular complexity index is 119. The molecule has 0 spiro atoms. The van der Waals surface area contributed by atoms with Gasteiger partial charge in [0.1, 0.15) is 0 Å². The summed E-state index contributed by atoms with van der Waals surface area (Å²) in [5.41, 5.74) is 0. The van der Waals surface area contributed by atoms with Gasteiger partial charge in [0, 0.05) is 6.61 Å². The average Bonchev–Trinajstić information content (AvgIpc) is 2.46. The Morgan fingerprint density at radius 1 is 1.14 bits per heavy atom. The summed E-state index contributed by atoms with van der Waals surface area (Å²) >= 11 is 0. The van der Waals surface area contributed by atoms with E-state index in [0.29, 0.717) is 6.10 Å². The number of ether oxygens (including phenoxy) is 1. The Morgan fingerprint density at radius 2 is 1.86 bits per heavy atom. The van der Waals surface area contributed by atoms with Crippen molar-refractivity contribution < 1.29 is 4.74 Å². The summed E-state index contributed by atoms with van der Waals surface area (Å²) in [6, 6.07) is 0. The van der Waals surface area contributed by atoms with Crippen LogP contribution in [-0.2, 0) is 4.74 Å². The van der Waals surface area contributed by atoms with Crippen molar-refractivity contribution in [1.29, 1.82) is 0 Å². The summed E-state index contributed by atoms with van der Waals surface area (Å²) in [7, 11) is 0. The molecular formula is C12H25NO. The van der Waals surface area contributed by atoms with E-state index in [-0.39, 0.29) is 0 Å². The van der Waals surface area contributed by atoms with Gasteiger partial charge in [0.05, 0.1) is 6.10 Å². The number of nitrogens with one attached hydrogen (secondary N) is 1. The first-order chi connectivity index (χ1) is 6.93. The molecule has 0 atom stereocenters. The molecule has 0 radical (unpaired) electrons. The zero-order valence-corrected chi connectivity index (χ0v) is 9.56. The van der Waals surface area contributed by atoms with Gasteiger partial charge in [-0.1, -0.05) is 32.6 Å². The molecule has 0 aromatic heterocycles. The maximum absolute atomic E-state index is 5.87. The summed E-state index contributed by atoms with van der Waals surface area (Å²) < 4.78 is 5.87. The SMILES string of the molecule is CCNCCCOC1CCCCCC1. The molecule has 1 aliphatic carbocycles. The van der Waals surface area contributed by atoms with E-state index in [2.05, 4.69) is 12.2 Å². The quantitative estimate of drug-likeness (QED) is 0.524. The number of rotatable bonds is 6. The molecular weight excluding hydrogens is 174 g/mol. The lowest BCUT2D eigenvalue weighted by atomic mass is 10.1. The molecule has 1 saturated carbocycles. The lowest BCUT2D eigenvalue weighted by Gasteiger charge is -2.15. The minimum absolute atomic E-state index is 0.569. The van der Waals surface area contributed by atoms with Crippen molar-refractivity contribution in [2.75, 3.05) is 19.7 Å². The standard InChI is InChI=1S/C12H25NO/c1-2-13-10-7-11-14-12-8-5-3-4-6-9-12/h12-13H,2-11H2,1H3. The summed E-state index contributed by atoms with van der Waals surface area (Å²) in [6.45, 7) is 5.26. The molecule has 2 nitrogen and oxygen atoms in total. The molecule has 0 unspecified atom stereocenters. The predicted octanol–water partition coefficient (Wildman–Crippen LogP) is 2.73. The van der Waals surface area contributed by atoms with E-state index < -0.39 is 0 Å². The predicted molar refractivity (Wildman–Crippen MR) is 60.6 cm³/mol. The third-order valence-electron chi connectivity index (χ3n) is 2.90. The van der Waals surface area contributed by atoms with Crippen molar-refractivity contribution in [1.82, 2.24) is 5.32 Å². The molecule has 0 aromatic rings. The van der Waals surface area contributed by atoms with Crippen molar-refractivity contribution in [2.45, 2.75) is 58.0 Å². The topological polar surface area (TPSA) is 21.3 Å². The van der Waals surface area contributed by atoms with Gasteiger partial charge in [-0.2, -0.15) is 0 Å². The van der Waals surface area contributed by atoms with Crippen LogP contribution >= 0.6 is 0 Å². The van der Waals surface area contributed by atoms with Gasteiger partial charge in [-0.15, -0.1) is 0 Å². The van der Waals surface area contributed by atoms with Gasteiger partial charge in [-0.05, 0) is 32.4 Å². The first kappa shape index (κ1) is 12.0. The molecule has 1 N–H and O–H groups in total. The van der Waals surface area contributed by atoms with Crippen LogP contribution in [0.15, 0.2) is 0 Å². The average molecular weight is 199 g/mol. The smallest absolute Gasteiger partial charge is 0.0575 e. The molecule has 2 heteroatoms. The first-order valence-electron chi connectivity index (χ1n) is 6.26. The Labute approximate surface area is 88.4 Å². The number of hydrogen-bond donors (Lipinski definition) is 1. The summed E-state index contributed by atoms with van der Waals surface area (Å²) in [6.07, 6.45) is 9.89. The van der Waals surface area contributed by atoms with E-state index in [1.807, 2.05) is 0 Å². The molecule has 0 heterocycles. The van der Waals surface area contributed by atoms with Crippen LogP contribution in [0.3, 0.4) is 0 Å². The van der Waals surface area contributed by atoms with Crippen LogP contribution in [-0.4, -0.2) is 25.8 Å². The number of hydrogen-bond acceptors (Lipinski definition) is 2. The second kappa shape index (κ2) is 8.25. The molecule has 84 valence electrons. The van der Waals surface area contributed by atoms with Crippen molar-refractivity contribution in [3.63, 3.8) is 0 Å². The van der Waals surface area contributed by atoms with Gasteiger partial charge >= 0.3 is 0 Å². The summed E-state index contributed by atoms with van der Waals surface area (Å²) in [5, 5.41) is 3.32. The fourth-order valence-electron chi connectivity index (χ4n) is 2.03. The second-order valence-corrected chi connectivity index (χ2v) is 4.19. The van der Waals surface area contributed by atoms with E-state index in [9.17, 15) is 0 Å². The first-order valence-corrected chi connectivity index (χ1v) is 6.26. The lowest BCUT2D eigenvalue weighted by Crippen LogP contribution is -2.18. The third kappa shape index (κ3) is 5.61. The van der Waals surface area contributed by atoms with E-state index in [1.54, 1.807) is 0 Å². The highest BCUT2D eigenvalue weighted by molar-refractivity contribution is 4.63. The fraction of sp³-hybridized carbons (Fsp3) is 1.00. The van der Waals surface area contributed by atoms with Crippen LogP contribution in [0.5, 0.6) is 0 Å². The Kier molecular flexibility index (Phi) is 7.06. The molecule has 0 aromatic carbocycles. The summed E-state index contributed by atoms with van der Waals surface area (Å²) in [5.74, 6) is 0. The van der Waals surface area contributed by atoms with Crippen molar-refractivity contribution in [3.8, 4) is 0 Å². The maximum Gasteiger partial charge on any atom is 0.0575 e. The Balaban J connectivity index is 1.93. The second-order valence-electron chi connectivity index (χ2n) is 4.19. The minimum Gasteiger partial charge on any atom is -0.378 e. The van der Waals surface area contributed by atoms with E-state index in [4.69, 9.17) is 4.74 Å². The van der Waals surface area contributed by atoms with Crippen LogP contribution in [0.2, 0.25) is 0 Å². The molecule has 1 fully saturated rings. The highest BCUT2D eigenvalue weighted by Gasteiger charge is 2.11. The van der Waals surface area contributed by atoms with Crippen LogP contribution in [0.1, 0.15) is 51.9 Å². The maximum atomic E-state index is 5.87. The summed E-state index contributed by atoms with van der Waals surface area (Å²) in [4.78, 5) is 0. The van der Waals surface area contributed by atoms with Gasteiger partial charge in [-0.25, -0.2) is 0 Å². The van der Waals surface area contributed by atoms with Crippen LogP contribution in [0.25, 0.3) is 0 Å². The molecule has 0 bridgehead atoms. The van der Waals surface area contributed by atoms with Crippen LogP contribution < -0.4 is 5.32 Å². The third-order valence-corrected chi connectivity index (χ3v) is 2.90. The lowest BCUT2D eigenvalue weighted by molar-refractivity contribution is 0.0419. The monoisotopic (exact) mass is 199 g/mol. The van der Waals surface area contributed by atoms with Gasteiger partial charge < -0.3 is 10.1 Å². The molecule has 0 saturated heterocycles. The Morgan fingerprint density at radius 3 is 2.50 bits per heavy atom. The van der Waals surface area contributed by atoms with Crippen molar-refractivity contribution >= 4 is 0 Å². The van der Waals surface area contributed by atoms with Crippen LogP contribution in [0.4, 0.5) is 0 Å². The minimum atomic E-state index is 0.569. The van der Waals surface area contributed by atoms with E-state index in [0.717, 1.165) is 26.1 Å². The van der Waals surface area contributed by atoms with Crippen molar-refractivity contribution in [3.05, 3.63) is 0 Å². The zero-order valence-electron chi connectivity index (χ0n) is 9.56. The molecule has 1 aliphatic rings. The Hall–Kier alpha value is -0.0800. The zero-order chi connectivity index (χ0) is 10.1. The highest BCUT2D eigenvalue weighted by atomic mass is 16.5.